The van der Waals surface area contributed by atoms with Gasteiger partial charge in [0.15, 0.2) is 11.3 Å². The smallest absolute Gasteiger partial charge is 0.275 e. The summed E-state index contributed by atoms with van der Waals surface area (Å²) < 4.78 is 5.77. The van der Waals surface area contributed by atoms with Gasteiger partial charge in [0.2, 0.25) is 5.89 Å². The molecule has 0 saturated heterocycles. The van der Waals surface area contributed by atoms with Crippen molar-refractivity contribution in [1.29, 1.82) is 0 Å². The number of carbonyl (C=O) groups excluding carboxylic acids is 1. The lowest BCUT2D eigenvalue weighted by molar-refractivity contribution is 0.102. The van der Waals surface area contributed by atoms with Crippen LogP contribution in [-0.4, -0.2) is 20.9 Å². The van der Waals surface area contributed by atoms with Crippen LogP contribution in [0.1, 0.15) is 62.7 Å². The van der Waals surface area contributed by atoms with Crippen molar-refractivity contribution in [2.24, 2.45) is 0 Å². The first-order valence-electron chi connectivity index (χ1n) is 8.40. The standard InChI is InChI=1S/C19H21ClN4O2/c1-10(2)16-21-9-12(20)15(24-16)17(25)22-11-6-7-14-13(8-11)23-18(26-14)19(3,4)5/h6-10H,1-5H3,(H,22,25). The van der Waals surface area contributed by atoms with Crippen LogP contribution in [0.4, 0.5) is 5.69 Å². The number of benzene rings is 1. The van der Waals surface area contributed by atoms with E-state index < -0.39 is 5.91 Å². The average molecular weight is 373 g/mol. The van der Waals surface area contributed by atoms with Crippen molar-refractivity contribution >= 4 is 34.3 Å². The van der Waals surface area contributed by atoms with Gasteiger partial charge in [0.25, 0.3) is 5.91 Å². The van der Waals surface area contributed by atoms with E-state index in [1.165, 1.54) is 6.20 Å². The number of halogens is 1. The zero-order chi connectivity index (χ0) is 19.1. The van der Waals surface area contributed by atoms with Crippen molar-refractivity contribution in [3.63, 3.8) is 0 Å². The number of nitrogens with zero attached hydrogens (tertiary/aromatic N) is 3. The van der Waals surface area contributed by atoms with Crippen molar-refractivity contribution in [2.75, 3.05) is 5.32 Å². The Hall–Kier alpha value is -2.47. The molecule has 1 N–H and O–H groups in total. The van der Waals surface area contributed by atoms with Crippen LogP contribution in [0, 0.1) is 0 Å². The highest BCUT2D eigenvalue weighted by Crippen LogP contribution is 2.27. The van der Waals surface area contributed by atoms with Crippen molar-refractivity contribution in [3.05, 3.63) is 46.8 Å². The van der Waals surface area contributed by atoms with E-state index in [4.69, 9.17) is 16.0 Å². The second-order valence-corrected chi connectivity index (χ2v) is 7.89. The van der Waals surface area contributed by atoms with Gasteiger partial charge >= 0.3 is 0 Å². The van der Waals surface area contributed by atoms with Crippen molar-refractivity contribution < 1.29 is 9.21 Å². The number of oxazole rings is 1. The van der Waals surface area contributed by atoms with Crippen LogP contribution in [0.25, 0.3) is 11.1 Å². The molecule has 0 atom stereocenters. The molecule has 0 aliphatic heterocycles. The van der Waals surface area contributed by atoms with Crippen LogP contribution in [0.5, 0.6) is 0 Å². The Labute approximate surface area is 157 Å². The van der Waals surface area contributed by atoms with E-state index in [1.807, 2.05) is 34.6 Å². The molecule has 1 aromatic carbocycles. The highest BCUT2D eigenvalue weighted by atomic mass is 35.5. The monoisotopic (exact) mass is 372 g/mol. The summed E-state index contributed by atoms with van der Waals surface area (Å²) in [6.07, 6.45) is 1.45. The first kappa shape index (κ1) is 18.3. The number of fused-ring (bicyclic) bond motifs is 1. The molecule has 3 aromatic rings. The average Bonchev–Trinajstić information content (AvgIpc) is 2.98. The molecule has 26 heavy (non-hydrogen) atoms. The van der Waals surface area contributed by atoms with Crippen LogP contribution >= 0.6 is 11.6 Å². The third kappa shape index (κ3) is 3.70. The summed E-state index contributed by atoms with van der Waals surface area (Å²) >= 11 is 6.10. The molecule has 6 nitrogen and oxygen atoms in total. The van der Waals surface area contributed by atoms with E-state index in [0.717, 1.165) is 0 Å². The second-order valence-electron chi connectivity index (χ2n) is 7.49. The molecule has 0 unspecified atom stereocenters. The quantitative estimate of drug-likeness (QED) is 0.703. The van der Waals surface area contributed by atoms with Gasteiger partial charge in [0, 0.05) is 17.0 Å². The number of hydrogen-bond acceptors (Lipinski definition) is 5. The molecule has 2 aromatic heterocycles. The van der Waals surface area contributed by atoms with E-state index in [2.05, 4.69) is 20.3 Å². The SMILES string of the molecule is CC(C)c1ncc(Cl)c(C(=O)Nc2ccc3oc(C(C)(C)C)nc3c2)n1. The lowest BCUT2D eigenvalue weighted by Crippen LogP contribution is -2.16. The van der Waals surface area contributed by atoms with Gasteiger partial charge in [-0.2, -0.15) is 0 Å². The highest BCUT2D eigenvalue weighted by Gasteiger charge is 2.21. The number of aromatic nitrogens is 3. The fourth-order valence-electron chi connectivity index (χ4n) is 2.33. The summed E-state index contributed by atoms with van der Waals surface area (Å²) in [5, 5.41) is 3.02. The molecular weight excluding hydrogens is 352 g/mol. The Bertz CT molecular complexity index is 973. The van der Waals surface area contributed by atoms with E-state index in [1.54, 1.807) is 18.2 Å². The zero-order valence-corrected chi connectivity index (χ0v) is 16.2. The number of rotatable bonds is 3. The van der Waals surface area contributed by atoms with Gasteiger partial charge in [-0.15, -0.1) is 0 Å². The summed E-state index contributed by atoms with van der Waals surface area (Å²) in [4.78, 5) is 25.5. The van der Waals surface area contributed by atoms with Gasteiger partial charge in [0.05, 0.1) is 11.2 Å². The molecule has 0 saturated carbocycles. The van der Waals surface area contributed by atoms with Crippen molar-refractivity contribution in [1.82, 2.24) is 15.0 Å². The number of anilines is 1. The van der Waals surface area contributed by atoms with E-state index in [-0.39, 0.29) is 22.0 Å². The van der Waals surface area contributed by atoms with Gasteiger partial charge in [-0.3, -0.25) is 4.79 Å². The van der Waals surface area contributed by atoms with Gasteiger partial charge < -0.3 is 9.73 Å². The maximum absolute atomic E-state index is 12.6. The molecule has 0 aliphatic carbocycles. The zero-order valence-electron chi connectivity index (χ0n) is 15.4. The predicted molar refractivity (Wildman–Crippen MR) is 102 cm³/mol. The van der Waals surface area contributed by atoms with Crippen LogP contribution < -0.4 is 5.32 Å². The summed E-state index contributed by atoms with van der Waals surface area (Å²) in [6, 6.07) is 5.31. The summed E-state index contributed by atoms with van der Waals surface area (Å²) in [5.41, 5.74) is 1.92. The normalized spacial score (nSPS) is 12.0. The maximum Gasteiger partial charge on any atom is 0.275 e. The molecule has 0 bridgehead atoms. The molecule has 1 amide bonds. The molecule has 0 spiro atoms. The number of nitrogens with one attached hydrogen (secondary N) is 1. The van der Waals surface area contributed by atoms with Crippen LogP contribution in [0.3, 0.4) is 0 Å². The van der Waals surface area contributed by atoms with Crippen molar-refractivity contribution in [2.45, 2.75) is 46.0 Å². The summed E-state index contributed by atoms with van der Waals surface area (Å²) in [6.45, 7) is 10.0. The van der Waals surface area contributed by atoms with E-state index >= 15 is 0 Å². The number of hydrogen-bond donors (Lipinski definition) is 1. The minimum absolute atomic E-state index is 0.0983. The Kier molecular flexibility index (Phi) is 4.71. The Morgan fingerprint density at radius 1 is 1.23 bits per heavy atom. The molecule has 3 rings (SSSR count). The Balaban J connectivity index is 1.89. The van der Waals surface area contributed by atoms with Crippen molar-refractivity contribution in [3.8, 4) is 0 Å². The van der Waals surface area contributed by atoms with Gasteiger partial charge in [-0.25, -0.2) is 15.0 Å². The fourth-order valence-corrected chi connectivity index (χ4v) is 2.51. The molecule has 136 valence electrons. The van der Waals surface area contributed by atoms with Crippen LogP contribution in [0.2, 0.25) is 5.02 Å². The molecule has 2 heterocycles. The molecule has 7 heteroatoms. The number of carbonyl (C=O) groups is 1. The maximum atomic E-state index is 12.6. The minimum atomic E-state index is -0.391. The fraction of sp³-hybridized carbons (Fsp3) is 0.368. The second kappa shape index (κ2) is 6.68. The predicted octanol–water partition coefficient (Wildman–Crippen LogP) is 4.94. The first-order valence-corrected chi connectivity index (χ1v) is 8.78. The minimum Gasteiger partial charge on any atom is -0.440 e. The molecule has 0 aliphatic rings. The molecular formula is C19H21ClN4O2. The third-order valence-electron chi connectivity index (χ3n) is 3.78. The van der Waals surface area contributed by atoms with Gasteiger partial charge in [-0.05, 0) is 18.2 Å². The first-order chi connectivity index (χ1) is 12.1. The van der Waals surface area contributed by atoms with Gasteiger partial charge in [-0.1, -0.05) is 46.2 Å². The van der Waals surface area contributed by atoms with Crippen LogP contribution in [-0.2, 0) is 5.41 Å². The Morgan fingerprint density at radius 2 is 1.96 bits per heavy atom. The third-order valence-corrected chi connectivity index (χ3v) is 4.06. The lowest BCUT2D eigenvalue weighted by Gasteiger charge is -2.11. The molecule has 0 radical (unpaired) electrons. The largest absolute Gasteiger partial charge is 0.440 e. The van der Waals surface area contributed by atoms with E-state index in [9.17, 15) is 4.79 Å². The van der Waals surface area contributed by atoms with E-state index in [0.29, 0.717) is 28.5 Å². The summed E-state index contributed by atoms with van der Waals surface area (Å²) in [7, 11) is 0. The summed E-state index contributed by atoms with van der Waals surface area (Å²) in [5.74, 6) is 0.928. The lowest BCUT2D eigenvalue weighted by atomic mass is 9.97. The number of amides is 1. The topological polar surface area (TPSA) is 80.9 Å². The highest BCUT2D eigenvalue weighted by molar-refractivity contribution is 6.33. The Morgan fingerprint density at radius 3 is 2.62 bits per heavy atom. The van der Waals surface area contributed by atoms with Gasteiger partial charge in [0.1, 0.15) is 11.3 Å². The van der Waals surface area contributed by atoms with Crippen LogP contribution in [0.15, 0.2) is 28.8 Å². The molecule has 0 fully saturated rings.